The van der Waals surface area contributed by atoms with Gasteiger partial charge in [-0.3, -0.25) is 0 Å². The maximum absolute atomic E-state index is 9.10. The third-order valence-electron chi connectivity index (χ3n) is 1.30. The standard InChI is InChI=1S/C7H8O3S/c1-5-4-6(11-10-9)2-3-7(5)8/h2-4,8-9H,1H3. The summed E-state index contributed by atoms with van der Waals surface area (Å²) in [6.07, 6.45) is 0. The van der Waals surface area contributed by atoms with Crippen LogP contribution in [0.25, 0.3) is 0 Å². The monoisotopic (exact) mass is 172 g/mol. The van der Waals surface area contributed by atoms with E-state index in [1.54, 1.807) is 25.1 Å². The van der Waals surface area contributed by atoms with E-state index in [1.165, 1.54) is 0 Å². The van der Waals surface area contributed by atoms with Gasteiger partial charge in [0, 0.05) is 4.90 Å². The Morgan fingerprint density at radius 3 is 2.73 bits per heavy atom. The number of rotatable bonds is 2. The molecule has 0 saturated carbocycles. The molecule has 0 radical (unpaired) electrons. The van der Waals surface area contributed by atoms with Crippen molar-refractivity contribution in [2.24, 2.45) is 0 Å². The van der Waals surface area contributed by atoms with Gasteiger partial charge in [0.1, 0.15) is 5.75 Å². The van der Waals surface area contributed by atoms with Crippen molar-refractivity contribution in [1.82, 2.24) is 0 Å². The predicted octanol–water partition coefficient (Wildman–Crippen LogP) is 2.20. The SMILES string of the molecule is Cc1cc(SOO)ccc1O. The molecule has 0 aliphatic rings. The molecule has 0 aliphatic carbocycles. The topological polar surface area (TPSA) is 49.7 Å². The Kier molecular flexibility index (Phi) is 2.76. The molecule has 0 amide bonds. The molecule has 11 heavy (non-hydrogen) atoms. The Balaban J connectivity index is 2.86. The average molecular weight is 172 g/mol. The predicted molar refractivity (Wildman–Crippen MR) is 42.4 cm³/mol. The van der Waals surface area contributed by atoms with Crippen molar-refractivity contribution in [3.05, 3.63) is 23.8 Å². The Bertz CT molecular complexity index is 249. The van der Waals surface area contributed by atoms with Gasteiger partial charge in [-0.1, -0.05) is 0 Å². The van der Waals surface area contributed by atoms with Crippen LogP contribution in [0.2, 0.25) is 0 Å². The zero-order valence-electron chi connectivity index (χ0n) is 5.94. The third kappa shape index (κ3) is 2.11. The summed E-state index contributed by atoms with van der Waals surface area (Å²) in [6, 6.07) is 4.93. The molecule has 0 spiro atoms. The Morgan fingerprint density at radius 2 is 2.18 bits per heavy atom. The number of hydrogen-bond donors (Lipinski definition) is 2. The molecule has 60 valence electrons. The molecule has 0 bridgehead atoms. The van der Waals surface area contributed by atoms with Crippen LogP contribution in [-0.2, 0) is 4.33 Å². The molecule has 1 aromatic carbocycles. The normalized spacial score (nSPS) is 10.0. The van der Waals surface area contributed by atoms with Crippen molar-refractivity contribution >= 4 is 12.0 Å². The lowest BCUT2D eigenvalue weighted by Crippen LogP contribution is -1.77. The van der Waals surface area contributed by atoms with Crippen LogP contribution in [0, 0.1) is 6.92 Å². The van der Waals surface area contributed by atoms with Gasteiger partial charge < -0.3 is 5.11 Å². The molecule has 0 saturated heterocycles. The van der Waals surface area contributed by atoms with E-state index in [9.17, 15) is 0 Å². The van der Waals surface area contributed by atoms with Gasteiger partial charge in [0.15, 0.2) is 0 Å². The van der Waals surface area contributed by atoms with Crippen molar-refractivity contribution in [1.29, 1.82) is 0 Å². The van der Waals surface area contributed by atoms with Crippen LogP contribution in [0.4, 0.5) is 0 Å². The molecule has 0 aliphatic heterocycles. The van der Waals surface area contributed by atoms with Gasteiger partial charge in [0.25, 0.3) is 0 Å². The van der Waals surface area contributed by atoms with Crippen molar-refractivity contribution in [3.8, 4) is 5.75 Å². The van der Waals surface area contributed by atoms with E-state index in [-0.39, 0.29) is 5.75 Å². The molecular weight excluding hydrogens is 164 g/mol. The number of benzene rings is 1. The molecule has 0 unspecified atom stereocenters. The smallest absolute Gasteiger partial charge is 0.118 e. The van der Waals surface area contributed by atoms with Crippen LogP contribution in [0.3, 0.4) is 0 Å². The fourth-order valence-electron chi connectivity index (χ4n) is 0.723. The lowest BCUT2D eigenvalue weighted by atomic mass is 10.2. The minimum Gasteiger partial charge on any atom is -0.508 e. The van der Waals surface area contributed by atoms with Gasteiger partial charge in [-0.15, -0.1) is 0 Å². The summed E-state index contributed by atoms with van der Waals surface area (Å²) in [4.78, 5) is 0.753. The van der Waals surface area contributed by atoms with Crippen molar-refractivity contribution in [3.63, 3.8) is 0 Å². The van der Waals surface area contributed by atoms with E-state index in [4.69, 9.17) is 10.4 Å². The highest BCUT2D eigenvalue weighted by Crippen LogP contribution is 2.24. The van der Waals surface area contributed by atoms with Crippen molar-refractivity contribution in [2.45, 2.75) is 11.8 Å². The summed E-state index contributed by atoms with van der Waals surface area (Å²) in [5.74, 6) is 0.243. The van der Waals surface area contributed by atoms with E-state index in [0.29, 0.717) is 0 Å². The van der Waals surface area contributed by atoms with Crippen LogP contribution in [0.15, 0.2) is 23.1 Å². The molecular formula is C7H8O3S. The molecule has 0 heterocycles. The van der Waals surface area contributed by atoms with Gasteiger partial charge in [-0.05, 0) is 30.7 Å². The first kappa shape index (κ1) is 8.39. The number of phenols is 1. The van der Waals surface area contributed by atoms with Crippen molar-refractivity contribution in [2.75, 3.05) is 0 Å². The summed E-state index contributed by atoms with van der Waals surface area (Å²) in [7, 11) is 0. The fourth-order valence-corrected chi connectivity index (χ4v) is 1.16. The minimum atomic E-state index is 0.243. The lowest BCUT2D eigenvalue weighted by Gasteiger charge is -1.99. The van der Waals surface area contributed by atoms with Gasteiger partial charge in [0.2, 0.25) is 0 Å². The first-order chi connectivity index (χ1) is 5.24. The molecule has 0 aromatic heterocycles. The van der Waals surface area contributed by atoms with E-state index < -0.39 is 0 Å². The minimum absolute atomic E-state index is 0.243. The van der Waals surface area contributed by atoms with Crippen LogP contribution in [0.1, 0.15) is 5.56 Å². The summed E-state index contributed by atoms with van der Waals surface area (Å²) >= 11 is 0.843. The van der Waals surface area contributed by atoms with Gasteiger partial charge >= 0.3 is 0 Å². The molecule has 0 fully saturated rings. The first-order valence-corrected chi connectivity index (χ1v) is 3.76. The van der Waals surface area contributed by atoms with Crippen LogP contribution < -0.4 is 0 Å². The lowest BCUT2D eigenvalue weighted by molar-refractivity contribution is -0.116. The summed E-state index contributed by atoms with van der Waals surface area (Å²) in [5.41, 5.74) is 0.757. The average Bonchev–Trinajstić information content (AvgIpc) is 1.98. The highest BCUT2D eigenvalue weighted by molar-refractivity contribution is 7.94. The van der Waals surface area contributed by atoms with Gasteiger partial charge in [-0.25, -0.2) is 5.26 Å². The molecule has 1 aromatic rings. The second-order valence-electron chi connectivity index (χ2n) is 2.11. The zero-order valence-corrected chi connectivity index (χ0v) is 6.76. The van der Waals surface area contributed by atoms with Crippen LogP contribution in [0.5, 0.6) is 5.75 Å². The van der Waals surface area contributed by atoms with E-state index in [2.05, 4.69) is 4.33 Å². The quantitative estimate of drug-likeness (QED) is 0.408. The summed E-state index contributed by atoms with van der Waals surface area (Å²) in [5, 5.41) is 17.2. The molecule has 3 nitrogen and oxygen atoms in total. The summed E-state index contributed by atoms with van der Waals surface area (Å²) in [6.45, 7) is 1.77. The Labute approximate surface area is 68.8 Å². The number of phenolic OH excluding ortho intramolecular Hbond substituents is 1. The highest BCUT2D eigenvalue weighted by Gasteiger charge is 1.98. The maximum atomic E-state index is 9.10. The molecule has 0 atom stereocenters. The van der Waals surface area contributed by atoms with Crippen molar-refractivity contribution < 1.29 is 14.7 Å². The molecule has 1 rings (SSSR count). The zero-order chi connectivity index (χ0) is 8.27. The number of hydrogen-bond acceptors (Lipinski definition) is 4. The first-order valence-electron chi connectivity index (χ1n) is 3.02. The Morgan fingerprint density at radius 1 is 1.45 bits per heavy atom. The van der Waals surface area contributed by atoms with Crippen LogP contribution >= 0.6 is 12.0 Å². The Hall–Kier alpha value is -0.710. The second kappa shape index (κ2) is 3.61. The molecule has 2 N–H and O–H groups in total. The second-order valence-corrected chi connectivity index (χ2v) is 2.89. The highest BCUT2D eigenvalue weighted by atomic mass is 32.2. The van der Waals surface area contributed by atoms with E-state index in [1.807, 2.05) is 0 Å². The number of aryl methyl sites for hydroxylation is 1. The van der Waals surface area contributed by atoms with E-state index in [0.717, 1.165) is 22.5 Å². The summed E-state index contributed by atoms with van der Waals surface area (Å²) < 4.78 is 3.86. The van der Waals surface area contributed by atoms with Gasteiger partial charge in [-0.2, -0.15) is 4.33 Å². The third-order valence-corrected chi connectivity index (χ3v) is 1.82. The number of aromatic hydroxyl groups is 1. The largest absolute Gasteiger partial charge is 0.508 e. The molecule has 4 heteroatoms. The van der Waals surface area contributed by atoms with E-state index >= 15 is 0 Å². The van der Waals surface area contributed by atoms with Crippen LogP contribution in [-0.4, -0.2) is 10.4 Å². The van der Waals surface area contributed by atoms with Gasteiger partial charge in [0.05, 0.1) is 12.0 Å². The fraction of sp³-hybridized carbons (Fsp3) is 0.143. The maximum Gasteiger partial charge on any atom is 0.118 e.